The molecular formula is C4H10N4O2. The van der Waals surface area contributed by atoms with Crippen LogP contribution in [-0.2, 0) is 9.68 Å². The van der Waals surface area contributed by atoms with E-state index >= 15 is 0 Å². The van der Waals surface area contributed by atoms with Crippen LogP contribution in [0.4, 0.5) is 0 Å². The number of hydrogen-bond donors (Lipinski definition) is 4. The van der Waals surface area contributed by atoms with Crippen LogP contribution in [-0.4, -0.2) is 13.2 Å². The molecule has 6 heteroatoms. The summed E-state index contributed by atoms with van der Waals surface area (Å²) in [5, 5.41) is 0. The Morgan fingerprint density at radius 3 is 2.50 bits per heavy atom. The van der Waals surface area contributed by atoms with E-state index < -0.39 is 0 Å². The molecule has 10 heavy (non-hydrogen) atoms. The van der Waals surface area contributed by atoms with Gasteiger partial charge in [0.1, 0.15) is 6.26 Å². The molecule has 0 radical (unpaired) electrons. The molecule has 2 rings (SSSR count). The summed E-state index contributed by atoms with van der Waals surface area (Å²) in [6, 6.07) is 0. The lowest BCUT2D eigenvalue weighted by atomic mass is 10.8. The fourth-order valence-corrected chi connectivity index (χ4v) is 0.425. The molecule has 1 fully saturated rings. The highest BCUT2D eigenvalue weighted by Crippen LogP contribution is 1.70. The number of hydrazine groups is 2. The van der Waals surface area contributed by atoms with E-state index in [0.29, 0.717) is 0 Å². The monoisotopic (exact) mass is 146 g/mol. The number of nitrogens with one attached hydrogen (secondary N) is 4. The average molecular weight is 146 g/mol. The molecule has 58 valence electrons. The summed E-state index contributed by atoms with van der Waals surface area (Å²) in [6.45, 7) is 1.69. The van der Waals surface area contributed by atoms with Crippen molar-refractivity contribution in [3.63, 3.8) is 0 Å². The summed E-state index contributed by atoms with van der Waals surface area (Å²) < 4.78 is 0. The van der Waals surface area contributed by atoms with Crippen molar-refractivity contribution in [1.82, 2.24) is 22.0 Å². The summed E-state index contributed by atoms with van der Waals surface area (Å²) >= 11 is 0. The minimum Gasteiger partial charge on any atom is -0.395 e. The molecule has 0 amide bonds. The van der Waals surface area contributed by atoms with Crippen LogP contribution < -0.4 is 22.0 Å². The summed E-state index contributed by atoms with van der Waals surface area (Å²) in [7, 11) is 0. The SMILES string of the molecule is C1=CONN1.C1CONN1. The van der Waals surface area contributed by atoms with Gasteiger partial charge in [0, 0.05) is 6.54 Å². The Morgan fingerprint density at radius 2 is 2.30 bits per heavy atom. The molecule has 2 aliphatic rings. The maximum atomic E-state index is 4.58. The summed E-state index contributed by atoms with van der Waals surface area (Å²) in [5.74, 6) is 0. The smallest absolute Gasteiger partial charge is 0.130 e. The van der Waals surface area contributed by atoms with E-state index in [1.54, 1.807) is 6.20 Å². The molecule has 0 aromatic heterocycles. The van der Waals surface area contributed by atoms with Crippen LogP contribution in [0.1, 0.15) is 0 Å². The lowest BCUT2D eigenvalue weighted by molar-refractivity contribution is 0.0856. The minimum absolute atomic E-state index is 0.778. The van der Waals surface area contributed by atoms with E-state index in [0.717, 1.165) is 13.2 Å². The van der Waals surface area contributed by atoms with Crippen molar-refractivity contribution in [2.75, 3.05) is 13.2 Å². The molecular weight excluding hydrogens is 136 g/mol. The average Bonchev–Trinajstić information content (AvgIpc) is 2.67. The minimum atomic E-state index is 0.778. The third-order valence-corrected chi connectivity index (χ3v) is 0.811. The van der Waals surface area contributed by atoms with Gasteiger partial charge in [0.15, 0.2) is 0 Å². The third kappa shape index (κ3) is 3.25. The number of hydrogen-bond acceptors (Lipinski definition) is 6. The first-order valence-electron chi connectivity index (χ1n) is 2.91. The highest BCUT2D eigenvalue weighted by Gasteiger charge is 1.91. The topological polar surface area (TPSA) is 66.6 Å². The zero-order valence-electron chi connectivity index (χ0n) is 5.39. The molecule has 0 aromatic carbocycles. The Labute approximate surface area is 58.4 Å². The molecule has 0 bridgehead atoms. The predicted molar refractivity (Wildman–Crippen MR) is 33.6 cm³/mol. The molecule has 1 saturated heterocycles. The standard InChI is InChI=1S/C2H6N2O.C2H4N2O/c2*1-2-5-4-3-1/h3-4H,1-2H2;1-4H. The van der Waals surface area contributed by atoms with Crippen LogP contribution in [0.2, 0.25) is 0 Å². The van der Waals surface area contributed by atoms with Crippen LogP contribution in [0.5, 0.6) is 0 Å². The quantitative estimate of drug-likeness (QED) is 0.334. The maximum Gasteiger partial charge on any atom is 0.130 e. The molecule has 0 unspecified atom stereocenters. The zero-order valence-corrected chi connectivity index (χ0v) is 5.39. The molecule has 4 N–H and O–H groups in total. The van der Waals surface area contributed by atoms with Crippen molar-refractivity contribution in [1.29, 1.82) is 0 Å². The van der Waals surface area contributed by atoms with Gasteiger partial charge in [-0.3, -0.25) is 10.3 Å². The zero-order chi connectivity index (χ0) is 7.07. The summed E-state index contributed by atoms with van der Waals surface area (Å²) in [6.07, 6.45) is 3.17. The van der Waals surface area contributed by atoms with Crippen LogP contribution in [0.3, 0.4) is 0 Å². The highest BCUT2D eigenvalue weighted by molar-refractivity contribution is 4.69. The Bertz CT molecular complexity index is 89.8. The molecule has 0 aromatic rings. The van der Waals surface area contributed by atoms with E-state index in [1.807, 2.05) is 0 Å². The van der Waals surface area contributed by atoms with Crippen molar-refractivity contribution < 1.29 is 9.68 Å². The third-order valence-electron chi connectivity index (χ3n) is 0.811. The van der Waals surface area contributed by atoms with Crippen LogP contribution in [0.25, 0.3) is 0 Å². The maximum absolute atomic E-state index is 4.58. The van der Waals surface area contributed by atoms with Crippen LogP contribution >= 0.6 is 0 Å². The molecule has 0 saturated carbocycles. The largest absolute Gasteiger partial charge is 0.395 e. The first-order valence-corrected chi connectivity index (χ1v) is 2.91. The lowest BCUT2D eigenvalue weighted by Gasteiger charge is -1.85. The van der Waals surface area contributed by atoms with Crippen molar-refractivity contribution in [2.45, 2.75) is 0 Å². The van der Waals surface area contributed by atoms with Crippen molar-refractivity contribution in [2.24, 2.45) is 0 Å². The predicted octanol–water partition coefficient (Wildman–Crippen LogP) is -1.48. The molecule has 0 aliphatic carbocycles. The van der Waals surface area contributed by atoms with Gasteiger partial charge < -0.3 is 4.84 Å². The highest BCUT2D eigenvalue weighted by atomic mass is 16.7. The lowest BCUT2D eigenvalue weighted by Crippen LogP contribution is -2.20. The van der Waals surface area contributed by atoms with Gasteiger partial charge in [-0.05, 0) is 0 Å². The molecule has 6 nitrogen and oxygen atoms in total. The van der Waals surface area contributed by atoms with Gasteiger partial charge in [-0.1, -0.05) is 5.59 Å². The molecule has 0 atom stereocenters. The Kier molecular flexibility index (Phi) is 3.65. The van der Waals surface area contributed by atoms with Gasteiger partial charge in [-0.25, -0.2) is 5.43 Å². The fourth-order valence-electron chi connectivity index (χ4n) is 0.425. The van der Waals surface area contributed by atoms with Gasteiger partial charge in [0.25, 0.3) is 0 Å². The molecule has 0 spiro atoms. The van der Waals surface area contributed by atoms with Gasteiger partial charge in [0.2, 0.25) is 0 Å². The van der Waals surface area contributed by atoms with Gasteiger partial charge in [-0.2, -0.15) is 0 Å². The van der Waals surface area contributed by atoms with Gasteiger partial charge >= 0.3 is 0 Å². The van der Waals surface area contributed by atoms with Crippen LogP contribution in [0, 0.1) is 0 Å². The normalized spacial score (nSPS) is 20.8. The van der Waals surface area contributed by atoms with Gasteiger partial charge in [0.05, 0.1) is 12.8 Å². The van der Waals surface area contributed by atoms with E-state index in [1.165, 1.54) is 6.26 Å². The second kappa shape index (κ2) is 5.00. The van der Waals surface area contributed by atoms with Crippen molar-refractivity contribution >= 4 is 0 Å². The summed E-state index contributed by atoms with van der Waals surface area (Å²) in [4.78, 5) is 8.99. The Hall–Kier alpha value is -0.820. The Balaban J connectivity index is 0.0000001000. The van der Waals surface area contributed by atoms with Crippen molar-refractivity contribution in [3.8, 4) is 0 Å². The fraction of sp³-hybridized carbons (Fsp3) is 0.500. The second-order valence-corrected chi connectivity index (χ2v) is 1.54. The molecule has 2 aliphatic heterocycles. The van der Waals surface area contributed by atoms with Crippen molar-refractivity contribution in [3.05, 3.63) is 12.5 Å². The summed E-state index contributed by atoms with van der Waals surface area (Å²) in [5.41, 5.74) is 10.2. The van der Waals surface area contributed by atoms with E-state index in [9.17, 15) is 0 Å². The first kappa shape index (κ1) is 7.29. The van der Waals surface area contributed by atoms with Crippen LogP contribution in [0.15, 0.2) is 12.5 Å². The molecule has 2 heterocycles. The number of rotatable bonds is 0. The Morgan fingerprint density at radius 1 is 1.30 bits per heavy atom. The first-order chi connectivity index (χ1) is 5.00. The van der Waals surface area contributed by atoms with E-state index in [4.69, 9.17) is 0 Å². The van der Waals surface area contributed by atoms with Gasteiger partial charge in [-0.15, -0.1) is 5.59 Å². The van der Waals surface area contributed by atoms with E-state index in [-0.39, 0.29) is 0 Å². The second-order valence-electron chi connectivity index (χ2n) is 1.54. The van der Waals surface area contributed by atoms with E-state index in [2.05, 4.69) is 31.7 Å².